The largest absolute Gasteiger partial charge is 0.366 e. The molecule has 1 N–H and O–H groups in total. The van der Waals surface area contributed by atoms with E-state index in [1.54, 1.807) is 12.1 Å². The van der Waals surface area contributed by atoms with Gasteiger partial charge in [0.2, 0.25) is 5.95 Å². The van der Waals surface area contributed by atoms with Gasteiger partial charge in [0.25, 0.3) is 5.56 Å². The molecule has 1 saturated heterocycles. The Morgan fingerprint density at radius 1 is 1.11 bits per heavy atom. The highest BCUT2D eigenvalue weighted by Crippen LogP contribution is 2.41. The number of hydrogen-bond donors (Lipinski definition) is 1. The van der Waals surface area contributed by atoms with Crippen molar-refractivity contribution in [2.24, 2.45) is 5.92 Å². The van der Waals surface area contributed by atoms with Gasteiger partial charge in [-0.3, -0.25) is 9.48 Å². The lowest BCUT2D eigenvalue weighted by molar-refractivity contribution is -0.0390. The fraction of sp³-hybridized carbons (Fsp3) is 0.400. The zero-order valence-corrected chi connectivity index (χ0v) is 20.0. The molecule has 3 aliphatic rings. The van der Waals surface area contributed by atoms with Gasteiger partial charge in [0.15, 0.2) is 0 Å². The molecule has 36 heavy (non-hydrogen) atoms. The van der Waals surface area contributed by atoms with E-state index in [1.807, 2.05) is 15.8 Å². The maximum absolute atomic E-state index is 15.0. The molecule has 3 fully saturated rings. The minimum atomic E-state index is -0.531. The van der Waals surface area contributed by atoms with Crippen molar-refractivity contribution in [2.45, 2.75) is 43.9 Å². The zero-order chi connectivity index (χ0) is 24.4. The van der Waals surface area contributed by atoms with Crippen LogP contribution in [0.4, 0.5) is 10.3 Å². The quantitative estimate of drug-likeness (QED) is 0.434. The second kappa shape index (κ2) is 8.35. The van der Waals surface area contributed by atoms with E-state index in [1.165, 1.54) is 12.3 Å². The predicted molar refractivity (Wildman–Crippen MR) is 131 cm³/mol. The monoisotopic (exact) mass is 507 g/mol. The number of nitrogens with zero attached hydrogens (tertiary/aromatic N) is 6. The molecule has 2 unspecified atom stereocenters. The number of aromatic nitrogens is 6. The Labute approximate surface area is 210 Å². The number of hydrogen-bond acceptors (Lipinski definition) is 7. The average molecular weight is 508 g/mol. The molecule has 7 rings (SSSR count). The minimum absolute atomic E-state index is 0.0127. The topological polar surface area (TPSA) is 102 Å². The molecule has 0 amide bonds. The summed E-state index contributed by atoms with van der Waals surface area (Å²) in [6, 6.07) is 4.88. The third-order valence-corrected chi connectivity index (χ3v) is 7.40. The number of morpholine rings is 1. The van der Waals surface area contributed by atoms with Crippen LogP contribution in [0.2, 0.25) is 5.02 Å². The number of H-pyrrole nitrogens is 1. The molecule has 2 saturated carbocycles. The Morgan fingerprint density at radius 3 is 2.75 bits per heavy atom. The van der Waals surface area contributed by atoms with Gasteiger partial charge >= 0.3 is 0 Å². The van der Waals surface area contributed by atoms with Crippen LogP contribution < -0.4 is 10.5 Å². The Hall–Kier alpha value is -3.37. The van der Waals surface area contributed by atoms with Gasteiger partial charge in [-0.15, -0.1) is 0 Å². The van der Waals surface area contributed by atoms with Crippen LogP contribution in [-0.2, 0) is 4.74 Å². The fourth-order valence-corrected chi connectivity index (χ4v) is 5.07. The normalized spacial score (nSPS) is 22.3. The second-order valence-corrected chi connectivity index (χ2v) is 10.3. The smallest absolute Gasteiger partial charge is 0.290 e. The molecule has 2 aliphatic carbocycles. The second-order valence-electron chi connectivity index (χ2n) is 9.85. The molecule has 9 nitrogen and oxygen atoms in total. The molecule has 4 heterocycles. The van der Waals surface area contributed by atoms with Crippen molar-refractivity contribution in [3.8, 4) is 11.3 Å². The van der Waals surface area contributed by atoms with E-state index >= 15 is 0 Å². The first-order chi connectivity index (χ1) is 17.5. The Balaban J connectivity index is 1.32. The first kappa shape index (κ1) is 21.9. The first-order valence-electron chi connectivity index (χ1n) is 12.2. The van der Waals surface area contributed by atoms with E-state index in [9.17, 15) is 9.18 Å². The fourth-order valence-electron chi connectivity index (χ4n) is 4.91. The summed E-state index contributed by atoms with van der Waals surface area (Å²) < 4.78 is 23.5. The van der Waals surface area contributed by atoms with Crippen LogP contribution in [-0.4, -0.2) is 49.1 Å². The molecular formula is C25H23ClFN7O2. The van der Waals surface area contributed by atoms with E-state index in [4.69, 9.17) is 21.3 Å². The number of rotatable bonds is 5. The third-order valence-electron chi connectivity index (χ3n) is 7.17. The molecule has 3 aromatic heterocycles. The summed E-state index contributed by atoms with van der Waals surface area (Å²) in [4.78, 5) is 24.1. The summed E-state index contributed by atoms with van der Waals surface area (Å²) in [5.74, 6) is 0.309. The van der Waals surface area contributed by atoms with Gasteiger partial charge in [0.1, 0.15) is 17.4 Å². The first-order valence-corrected chi connectivity index (χ1v) is 12.6. The third kappa shape index (κ3) is 3.94. The molecular weight excluding hydrogens is 485 g/mol. The molecule has 11 heteroatoms. The van der Waals surface area contributed by atoms with Gasteiger partial charge in [-0.05, 0) is 49.8 Å². The summed E-state index contributed by atoms with van der Waals surface area (Å²) in [5.41, 5.74) is 1.25. The summed E-state index contributed by atoms with van der Waals surface area (Å²) in [7, 11) is 0. The van der Waals surface area contributed by atoms with Gasteiger partial charge in [-0.2, -0.15) is 10.2 Å². The Bertz CT molecular complexity index is 1530. The van der Waals surface area contributed by atoms with E-state index < -0.39 is 11.4 Å². The highest BCUT2D eigenvalue weighted by molar-refractivity contribution is 6.30. The lowest BCUT2D eigenvalue weighted by Crippen LogP contribution is -2.46. The summed E-state index contributed by atoms with van der Waals surface area (Å²) in [6.07, 6.45) is 9.76. The molecule has 0 bridgehead atoms. The van der Waals surface area contributed by atoms with Crippen LogP contribution >= 0.6 is 11.6 Å². The molecule has 184 valence electrons. The summed E-state index contributed by atoms with van der Waals surface area (Å²) in [6.45, 7) is 1.09. The molecule has 0 radical (unpaired) electrons. The highest BCUT2D eigenvalue weighted by atomic mass is 35.5. The van der Waals surface area contributed by atoms with Gasteiger partial charge in [0.05, 0.1) is 42.2 Å². The number of nitrogens with one attached hydrogen (secondary N) is 1. The molecule has 1 aromatic carbocycles. The van der Waals surface area contributed by atoms with Crippen molar-refractivity contribution < 1.29 is 9.13 Å². The maximum atomic E-state index is 15.0. The predicted octanol–water partition coefficient (Wildman–Crippen LogP) is 4.06. The summed E-state index contributed by atoms with van der Waals surface area (Å²) >= 11 is 5.98. The van der Waals surface area contributed by atoms with Crippen LogP contribution in [0.5, 0.6) is 0 Å². The SMILES string of the molecule is O=c1[nH]ncc2c(-c3ccc(Cl)cc3F)nc(N3CC(c4cnn(C5CC5)c4)OC(C4CC4)C3)nc12. The number of aromatic amines is 1. The van der Waals surface area contributed by atoms with Crippen molar-refractivity contribution in [3.63, 3.8) is 0 Å². The number of benzene rings is 1. The van der Waals surface area contributed by atoms with Gasteiger partial charge in [-0.25, -0.2) is 19.5 Å². The van der Waals surface area contributed by atoms with Gasteiger partial charge in [0, 0.05) is 28.9 Å². The van der Waals surface area contributed by atoms with Gasteiger partial charge in [-0.1, -0.05) is 11.6 Å². The van der Waals surface area contributed by atoms with Crippen molar-refractivity contribution in [3.05, 3.63) is 63.5 Å². The number of halogens is 2. The van der Waals surface area contributed by atoms with Crippen molar-refractivity contribution in [1.29, 1.82) is 0 Å². The number of fused-ring (bicyclic) bond motifs is 1. The average Bonchev–Trinajstić information content (AvgIpc) is 3.82. The minimum Gasteiger partial charge on any atom is -0.366 e. The van der Waals surface area contributed by atoms with Crippen molar-refractivity contribution >= 4 is 28.5 Å². The van der Waals surface area contributed by atoms with E-state index in [-0.39, 0.29) is 28.3 Å². The van der Waals surface area contributed by atoms with Crippen LogP contribution in [0.15, 0.2) is 41.6 Å². The molecule has 0 spiro atoms. The lowest BCUT2D eigenvalue weighted by atomic mass is 10.1. The van der Waals surface area contributed by atoms with Crippen LogP contribution in [0, 0.1) is 11.7 Å². The van der Waals surface area contributed by atoms with Crippen LogP contribution in [0.1, 0.15) is 43.4 Å². The molecule has 2 atom stereocenters. The van der Waals surface area contributed by atoms with E-state index in [2.05, 4.69) is 26.5 Å². The van der Waals surface area contributed by atoms with Crippen molar-refractivity contribution in [2.75, 3.05) is 18.0 Å². The molecule has 1 aliphatic heterocycles. The number of anilines is 1. The van der Waals surface area contributed by atoms with E-state index in [0.29, 0.717) is 42.1 Å². The van der Waals surface area contributed by atoms with Crippen LogP contribution in [0.3, 0.4) is 0 Å². The molecule has 4 aromatic rings. The highest BCUT2D eigenvalue weighted by Gasteiger charge is 2.40. The Morgan fingerprint density at radius 2 is 1.97 bits per heavy atom. The Kier molecular flexibility index (Phi) is 5.07. The van der Waals surface area contributed by atoms with Gasteiger partial charge < -0.3 is 9.64 Å². The summed E-state index contributed by atoms with van der Waals surface area (Å²) in [5, 5.41) is 11.5. The lowest BCUT2D eigenvalue weighted by Gasteiger charge is -2.38. The van der Waals surface area contributed by atoms with E-state index in [0.717, 1.165) is 31.2 Å². The zero-order valence-electron chi connectivity index (χ0n) is 19.3. The number of ether oxygens (including phenoxy) is 1. The van der Waals surface area contributed by atoms with Crippen molar-refractivity contribution in [1.82, 2.24) is 29.9 Å². The maximum Gasteiger partial charge on any atom is 0.290 e. The standard InChI is InChI=1S/C25H23ClFN7O2/c26-15-3-6-17(19(27)7-15)22-18-9-28-32-24(35)23(18)31-25(30-22)33-11-20(13-1-2-13)36-21(12-33)14-8-29-34(10-14)16-4-5-16/h3,6-10,13,16,20-21H,1-2,4-5,11-12H2,(H,32,35). The van der Waals surface area contributed by atoms with Crippen LogP contribution in [0.25, 0.3) is 22.2 Å².